The third-order valence-corrected chi connectivity index (χ3v) is 4.26. The van der Waals surface area contributed by atoms with Crippen LogP contribution in [0, 0.1) is 13.8 Å². The van der Waals surface area contributed by atoms with E-state index in [9.17, 15) is 0 Å². The molecule has 0 saturated carbocycles. The van der Waals surface area contributed by atoms with Gasteiger partial charge in [0.1, 0.15) is 0 Å². The molecule has 26 heavy (non-hydrogen) atoms. The maximum atomic E-state index is 5.36. The molecular weight excluding hydrogens is 328 g/mol. The molecule has 0 saturated heterocycles. The van der Waals surface area contributed by atoms with E-state index in [1.807, 2.05) is 62.4 Å². The largest absolute Gasteiger partial charge is 0.339 e. The van der Waals surface area contributed by atoms with Crippen molar-refractivity contribution in [1.29, 1.82) is 0 Å². The van der Waals surface area contributed by atoms with E-state index < -0.39 is 0 Å². The van der Waals surface area contributed by atoms with Gasteiger partial charge >= 0.3 is 0 Å². The summed E-state index contributed by atoms with van der Waals surface area (Å²) >= 11 is 0. The second-order valence-corrected chi connectivity index (χ2v) is 6.15. The number of aryl methyl sites for hydroxylation is 4. The topological polar surface area (TPSA) is 77.8 Å². The third-order valence-electron chi connectivity index (χ3n) is 4.26. The van der Waals surface area contributed by atoms with Gasteiger partial charge in [-0.05, 0) is 25.0 Å². The van der Waals surface area contributed by atoms with Crippen molar-refractivity contribution in [3.63, 3.8) is 0 Å². The molecule has 0 aliphatic heterocycles. The summed E-state index contributed by atoms with van der Waals surface area (Å²) in [7, 11) is 0. The van der Waals surface area contributed by atoms with Crippen molar-refractivity contribution in [3.05, 3.63) is 71.4 Å². The van der Waals surface area contributed by atoms with E-state index in [0.717, 1.165) is 22.3 Å². The van der Waals surface area contributed by atoms with Crippen molar-refractivity contribution in [2.45, 2.75) is 26.7 Å². The van der Waals surface area contributed by atoms with Crippen LogP contribution in [0.2, 0.25) is 0 Å². The molecule has 0 N–H and O–H groups in total. The minimum Gasteiger partial charge on any atom is -0.339 e. The molecule has 0 radical (unpaired) electrons. The van der Waals surface area contributed by atoms with Crippen LogP contribution in [0.5, 0.6) is 0 Å². The Morgan fingerprint density at radius 2 is 1.08 bits per heavy atom. The van der Waals surface area contributed by atoms with Crippen LogP contribution in [0.4, 0.5) is 0 Å². The van der Waals surface area contributed by atoms with Gasteiger partial charge in [-0.15, -0.1) is 0 Å². The minimum absolute atomic E-state index is 0.550. The Morgan fingerprint density at radius 1 is 0.654 bits per heavy atom. The van der Waals surface area contributed by atoms with Gasteiger partial charge in [-0.3, -0.25) is 0 Å². The van der Waals surface area contributed by atoms with Gasteiger partial charge in [0.2, 0.25) is 23.4 Å². The van der Waals surface area contributed by atoms with Crippen LogP contribution in [0.15, 0.2) is 57.6 Å². The van der Waals surface area contributed by atoms with Crippen molar-refractivity contribution >= 4 is 0 Å². The zero-order chi connectivity index (χ0) is 17.9. The lowest BCUT2D eigenvalue weighted by Crippen LogP contribution is -1.93. The molecule has 0 unspecified atom stereocenters. The molecule has 0 bridgehead atoms. The predicted molar refractivity (Wildman–Crippen MR) is 96.4 cm³/mol. The van der Waals surface area contributed by atoms with Gasteiger partial charge in [-0.1, -0.05) is 58.8 Å². The zero-order valence-electron chi connectivity index (χ0n) is 14.6. The van der Waals surface area contributed by atoms with Crippen LogP contribution in [0.25, 0.3) is 22.8 Å². The molecule has 6 heteroatoms. The highest BCUT2D eigenvalue weighted by molar-refractivity contribution is 5.59. The van der Waals surface area contributed by atoms with Crippen molar-refractivity contribution in [3.8, 4) is 22.8 Å². The van der Waals surface area contributed by atoms with Gasteiger partial charge in [0.15, 0.2) is 0 Å². The molecule has 0 atom stereocenters. The normalized spacial score (nSPS) is 11.0. The number of rotatable bonds is 5. The first-order valence-electron chi connectivity index (χ1n) is 8.48. The molecule has 2 aromatic heterocycles. The number of aromatic nitrogens is 4. The monoisotopic (exact) mass is 346 g/mol. The molecule has 2 heterocycles. The van der Waals surface area contributed by atoms with Gasteiger partial charge in [0, 0.05) is 24.0 Å². The Morgan fingerprint density at radius 3 is 1.50 bits per heavy atom. The molecule has 0 aliphatic carbocycles. The smallest absolute Gasteiger partial charge is 0.227 e. The highest BCUT2D eigenvalue weighted by atomic mass is 16.5. The van der Waals surface area contributed by atoms with Crippen molar-refractivity contribution in [2.24, 2.45) is 0 Å². The fraction of sp³-hybridized carbons (Fsp3) is 0.200. The summed E-state index contributed by atoms with van der Waals surface area (Å²) in [6, 6.07) is 15.9. The average Bonchev–Trinajstić information content (AvgIpc) is 3.30. The summed E-state index contributed by atoms with van der Waals surface area (Å²) in [5.74, 6) is 2.31. The summed E-state index contributed by atoms with van der Waals surface area (Å²) in [5.41, 5.74) is 4.17. The van der Waals surface area contributed by atoms with E-state index in [0.29, 0.717) is 36.3 Å². The van der Waals surface area contributed by atoms with Crippen molar-refractivity contribution in [2.75, 3.05) is 0 Å². The molecule has 2 aromatic carbocycles. The standard InChI is InChI=1S/C20H18N4O2/c1-13-7-3-5-9-15(13)19-21-17(25-23-19)11-12-18-22-20(24-26-18)16-10-6-4-8-14(16)2/h3-10H,11-12H2,1-2H3. The maximum absolute atomic E-state index is 5.36. The Labute approximate surface area is 150 Å². The molecule has 4 aromatic rings. The van der Waals surface area contributed by atoms with E-state index in [1.165, 1.54) is 0 Å². The van der Waals surface area contributed by atoms with Gasteiger partial charge < -0.3 is 9.05 Å². The highest BCUT2D eigenvalue weighted by Crippen LogP contribution is 2.22. The summed E-state index contributed by atoms with van der Waals surface area (Å²) in [6.07, 6.45) is 1.10. The molecule has 0 spiro atoms. The van der Waals surface area contributed by atoms with Crippen LogP contribution in [-0.2, 0) is 12.8 Å². The highest BCUT2D eigenvalue weighted by Gasteiger charge is 2.14. The molecule has 130 valence electrons. The molecule has 0 fully saturated rings. The second kappa shape index (κ2) is 6.92. The SMILES string of the molecule is Cc1ccccc1-c1noc(CCc2nc(-c3ccccc3C)no2)n1. The quantitative estimate of drug-likeness (QED) is 0.539. The van der Waals surface area contributed by atoms with Crippen LogP contribution in [0.3, 0.4) is 0 Å². The predicted octanol–water partition coefficient (Wildman–Crippen LogP) is 4.19. The van der Waals surface area contributed by atoms with Crippen molar-refractivity contribution in [1.82, 2.24) is 20.3 Å². The molecule has 0 amide bonds. The van der Waals surface area contributed by atoms with Crippen LogP contribution >= 0.6 is 0 Å². The van der Waals surface area contributed by atoms with E-state index in [4.69, 9.17) is 9.05 Å². The Kier molecular flexibility index (Phi) is 4.31. The fourth-order valence-electron chi connectivity index (χ4n) is 2.79. The first-order valence-corrected chi connectivity index (χ1v) is 8.48. The molecule has 4 rings (SSSR count). The lowest BCUT2D eigenvalue weighted by molar-refractivity contribution is 0.354. The Bertz CT molecular complexity index is 952. The average molecular weight is 346 g/mol. The van der Waals surface area contributed by atoms with E-state index in [2.05, 4.69) is 20.3 Å². The summed E-state index contributed by atoms with van der Waals surface area (Å²) < 4.78 is 10.7. The number of hydrogen-bond acceptors (Lipinski definition) is 6. The first-order chi connectivity index (χ1) is 12.7. The van der Waals surface area contributed by atoms with Crippen LogP contribution in [-0.4, -0.2) is 20.3 Å². The second-order valence-electron chi connectivity index (χ2n) is 6.15. The van der Waals surface area contributed by atoms with Gasteiger partial charge in [-0.2, -0.15) is 9.97 Å². The van der Waals surface area contributed by atoms with Gasteiger partial charge in [0.05, 0.1) is 0 Å². The maximum Gasteiger partial charge on any atom is 0.227 e. The van der Waals surface area contributed by atoms with Crippen molar-refractivity contribution < 1.29 is 9.05 Å². The van der Waals surface area contributed by atoms with E-state index in [1.54, 1.807) is 0 Å². The molecule has 6 nitrogen and oxygen atoms in total. The van der Waals surface area contributed by atoms with Gasteiger partial charge in [0.25, 0.3) is 0 Å². The lowest BCUT2D eigenvalue weighted by Gasteiger charge is -1.98. The van der Waals surface area contributed by atoms with Gasteiger partial charge in [-0.25, -0.2) is 0 Å². The Balaban J connectivity index is 1.46. The zero-order valence-corrected chi connectivity index (χ0v) is 14.6. The van der Waals surface area contributed by atoms with Crippen LogP contribution < -0.4 is 0 Å². The minimum atomic E-state index is 0.550. The summed E-state index contributed by atoms with van der Waals surface area (Å²) in [6.45, 7) is 4.05. The fourth-order valence-corrected chi connectivity index (χ4v) is 2.79. The number of benzene rings is 2. The molecule has 0 aliphatic rings. The number of nitrogens with zero attached hydrogens (tertiary/aromatic N) is 4. The lowest BCUT2D eigenvalue weighted by atomic mass is 10.1. The van der Waals surface area contributed by atoms with E-state index >= 15 is 0 Å². The first kappa shape index (κ1) is 16.2. The van der Waals surface area contributed by atoms with E-state index in [-0.39, 0.29) is 0 Å². The number of hydrogen-bond donors (Lipinski definition) is 0. The third kappa shape index (κ3) is 3.26. The van der Waals surface area contributed by atoms with Crippen LogP contribution in [0.1, 0.15) is 22.9 Å². The summed E-state index contributed by atoms with van der Waals surface area (Å²) in [4.78, 5) is 8.94. The molecular formula is C20H18N4O2. The Hall–Kier alpha value is -3.28. The summed E-state index contributed by atoms with van der Waals surface area (Å²) in [5, 5.41) is 8.14.